The number of aryl methyl sites for hydroxylation is 1. The van der Waals surface area contributed by atoms with Crippen molar-refractivity contribution >= 4 is 33.5 Å². The van der Waals surface area contributed by atoms with Crippen molar-refractivity contribution in [3.05, 3.63) is 63.1 Å². The SMILES string of the molecule is Cc1ccc(NC(=O)c2cccc(Br)c2C)cc1C(=O)O. The maximum absolute atomic E-state index is 12.3. The first-order chi connectivity index (χ1) is 9.90. The predicted octanol–water partition coefficient (Wildman–Crippen LogP) is 4.02. The zero-order valence-electron chi connectivity index (χ0n) is 11.6. The Kier molecular flexibility index (Phi) is 4.43. The van der Waals surface area contributed by atoms with Crippen LogP contribution in [0.2, 0.25) is 0 Å². The molecule has 0 aliphatic carbocycles. The van der Waals surface area contributed by atoms with Gasteiger partial charge >= 0.3 is 5.97 Å². The molecule has 0 aliphatic heterocycles. The Bertz CT molecular complexity index is 725. The van der Waals surface area contributed by atoms with Crippen molar-refractivity contribution in [1.29, 1.82) is 0 Å². The van der Waals surface area contributed by atoms with Crippen molar-refractivity contribution in [3.63, 3.8) is 0 Å². The highest BCUT2D eigenvalue weighted by atomic mass is 79.9. The fraction of sp³-hybridized carbons (Fsp3) is 0.125. The number of carboxylic acid groups (broad SMARTS) is 1. The second-order valence-electron chi connectivity index (χ2n) is 4.70. The van der Waals surface area contributed by atoms with Crippen LogP contribution in [0.4, 0.5) is 5.69 Å². The van der Waals surface area contributed by atoms with Gasteiger partial charge in [-0.3, -0.25) is 4.79 Å². The summed E-state index contributed by atoms with van der Waals surface area (Å²) in [5, 5.41) is 11.8. The molecule has 0 fully saturated rings. The number of nitrogens with one attached hydrogen (secondary N) is 1. The number of amides is 1. The number of anilines is 1. The van der Waals surface area contributed by atoms with E-state index in [0.29, 0.717) is 16.8 Å². The molecule has 1 amide bonds. The van der Waals surface area contributed by atoms with Crippen LogP contribution in [0.15, 0.2) is 40.9 Å². The van der Waals surface area contributed by atoms with Gasteiger partial charge in [0, 0.05) is 15.7 Å². The monoisotopic (exact) mass is 347 g/mol. The van der Waals surface area contributed by atoms with E-state index in [4.69, 9.17) is 5.11 Å². The average molecular weight is 348 g/mol. The van der Waals surface area contributed by atoms with E-state index in [1.165, 1.54) is 6.07 Å². The molecular weight excluding hydrogens is 334 g/mol. The second-order valence-corrected chi connectivity index (χ2v) is 5.56. The highest BCUT2D eigenvalue weighted by Gasteiger charge is 2.13. The van der Waals surface area contributed by atoms with Crippen LogP contribution >= 0.6 is 15.9 Å². The summed E-state index contributed by atoms with van der Waals surface area (Å²) < 4.78 is 0.852. The first kappa shape index (κ1) is 15.3. The number of hydrogen-bond donors (Lipinski definition) is 2. The number of aromatic carboxylic acids is 1. The quantitative estimate of drug-likeness (QED) is 0.881. The number of carbonyl (C=O) groups excluding carboxylic acids is 1. The van der Waals surface area contributed by atoms with Crippen LogP contribution in [0.1, 0.15) is 31.8 Å². The fourth-order valence-corrected chi connectivity index (χ4v) is 2.35. The Morgan fingerprint density at radius 2 is 1.81 bits per heavy atom. The van der Waals surface area contributed by atoms with E-state index in [0.717, 1.165) is 10.0 Å². The third-order valence-electron chi connectivity index (χ3n) is 3.24. The van der Waals surface area contributed by atoms with Gasteiger partial charge in [0.2, 0.25) is 0 Å². The standard InChI is InChI=1S/C16H14BrNO3/c1-9-6-7-11(8-13(9)16(20)21)18-15(19)12-4-3-5-14(17)10(12)2/h3-8H,1-2H3,(H,18,19)(H,20,21). The number of carboxylic acids is 1. The highest BCUT2D eigenvalue weighted by Crippen LogP contribution is 2.21. The summed E-state index contributed by atoms with van der Waals surface area (Å²) in [5.41, 5.74) is 2.67. The first-order valence-corrected chi connectivity index (χ1v) is 7.10. The van der Waals surface area contributed by atoms with Gasteiger partial charge in [0.25, 0.3) is 5.91 Å². The lowest BCUT2D eigenvalue weighted by Gasteiger charge is -2.10. The zero-order chi connectivity index (χ0) is 15.6. The third-order valence-corrected chi connectivity index (χ3v) is 4.10. The predicted molar refractivity (Wildman–Crippen MR) is 85.0 cm³/mol. The van der Waals surface area contributed by atoms with Crippen LogP contribution in [-0.2, 0) is 0 Å². The van der Waals surface area contributed by atoms with Gasteiger partial charge in [-0.1, -0.05) is 28.1 Å². The van der Waals surface area contributed by atoms with Gasteiger partial charge in [-0.15, -0.1) is 0 Å². The molecule has 0 atom stereocenters. The minimum Gasteiger partial charge on any atom is -0.478 e. The molecule has 0 aliphatic rings. The van der Waals surface area contributed by atoms with Gasteiger partial charge in [0.15, 0.2) is 0 Å². The van der Waals surface area contributed by atoms with Crippen LogP contribution in [0.5, 0.6) is 0 Å². The smallest absolute Gasteiger partial charge is 0.336 e. The summed E-state index contributed by atoms with van der Waals surface area (Å²) in [6.07, 6.45) is 0. The molecule has 0 heterocycles. The van der Waals surface area contributed by atoms with Gasteiger partial charge < -0.3 is 10.4 Å². The van der Waals surface area contributed by atoms with Gasteiger partial charge in [-0.05, 0) is 49.2 Å². The second kappa shape index (κ2) is 6.10. The highest BCUT2D eigenvalue weighted by molar-refractivity contribution is 9.10. The summed E-state index contributed by atoms with van der Waals surface area (Å²) in [6.45, 7) is 3.56. The molecule has 2 aromatic carbocycles. The minimum atomic E-state index is -1.01. The number of rotatable bonds is 3. The molecule has 5 heteroatoms. The van der Waals surface area contributed by atoms with Crippen molar-refractivity contribution in [2.75, 3.05) is 5.32 Å². The van der Waals surface area contributed by atoms with Crippen molar-refractivity contribution in [3.8, 4) is 0 Å². The Morgan fingerprint density at radius 1 is 1.10 bits per heavy atom. The van der Waals surface area contributed by atoms with E-state index < -0.39 is 5.97 Å². The summed E-state index contributed by atoms with van der Waals surface area (Å²) in [7, 11) is 0. The molecule has 0 saturated heterocycles. The van der Waals surface area contributed by atoms with Crippen LogP contribution < -0.4 is 5.32 Å². The Labute approximate surface area is 130 Å². The number of carbonyl (C=O) groups is 2. The molecule has 2 rings (SSSR count). The molecule has 0 unspecified atom stereocenters. The summed E-state index contributed by atoms with van der Waals surface area (Å²) in [4.78, 5) is 23.4. The van der Waals surface area contributed by atoms with Crippen LogP contribution in [0.25, 0.3) is 0 Å². The van der Waals surface area contributed by atoms with Crippen LogP contribution in [-0.4, -0.2) is 17.0 Å². The van der Waals surface area contributed by atoms with Gasteiger partial charge in [-0.25, -0.2) is 4.79 Å². The molecule has 0 saturated carbocycles. The van der Waals surface area contributed by atoms with Gasteiger partial charge in [0.1, 0.15) is 0 Å². The summed E-state index contributed by atoms with van der Waals surface area (Å²) in [5.74, 6) is -1.28. The molecule has 108 valence electrons. The van der Waals surface area contributed by atoms with Crippen molar-refractivity contribution in [2.45, 2.75) is 13.8 Å². The number of hydrogen-bond acceptors (Lipinski definition) is 2. The lowest BCUT2D eigenvalue weighted by atomic mass is 10.1. The minimum absolute atomic E-state index is 0.179. The van der Waals surface area contributed by atoms with Crippen molar-refractivity contribution in [1.82, 2.24) is 0 Å². The van der Waals surface area contributed by atoms with Crippen LogP contribution in [0.3, 0.4) is 0 Å². The van der Waals surface area contributed by atoms with E-state index in [-0.39, 0.29) is 11.5 Å². The van der Waals surface area contributed by atoms with Crippen LogP contribution in [0, 0.1) is 13.8 Å². The average Bonchev–Trinajstić information content (AvgIpc) is 2.43. The van der Waals surface area contributed by atoms with Crippen molar-refractivity contribution in [2.24, 2.45) is 0 Å². The zero-order valence-corrected chi connectivity index (χ0v) is 13.2. The molecule has 21 heavy (non-hydrogen) atoms. The van der Waals surface area contributed by atoms with E-state index in [2.05, 4.69) is 21.2 Å². The normalized spacial score (nSPS) is 10.2. The number of benzene rings is 2. The van der Waals surface area contributed by atoms with Gasteiger partial charge in [-0.2, -0.15) is 0 Å². The molecule has 2 N–H and O–H groups in total. The molecule has 2 aromatic rings. The molecule has 4 nitrogen and oxygen atoms in total. The Morgan fingerprint density at radius 3 is 2.48 bits per heavy atom. The first-order valence-electron chi connectivity index (χ1n) is 6.30. The number of halogens is 1. The molecule has 0 aromatic heterocycles. The lowest BCUT2D eigenvalue weighted by Crippen LogP contribution is -2.14. The van der Waals surface area contributed by atoms with Gasteiger partial charge in [0.05, 0.1) is 5.56 Å². The lowest BCUT2D eigenvalue weighted by molar-refractivity contribution is 0.0695. The van der Waals surface area contributed by atoms with E-state index in [1.54, 1.807) is 31.2 Å². The summed E-state index contributed by atoms with van der Waals surface area (Å²) >= 11 is 3.38. The fourth-order valence-electron chi connectivity index (χ4n) is 1.98. The maximum Gasteiger partial charge on any atom is 0.336 e. The van der Waals surface area contributed by atoms with Crippen molar-refractivity contribution < 1.29 is 14.7 Å². The van der Waals surface area contributed by atoms with E-state index in [1.807, 2.05) is 13.0 Å². The Balaban J connectivity index is 2.30. The van der Waals surface area contributed by atoms with E-state index in [9.17, 15) is 9.59 Å². The third kappa shape index (κ3) is 3.31. The molecular formula is C16H14BrNO3. The maximum atomic E-state index is 12.3. The van der Waals surface area contributed by atoms with E-state index >= 15 is 0 Å². The Hall–Kier alpha value is -2.14. The summed E-state index contributed by atoms with van der Waals surface area (Å²) in [6, 6.07) is 10.2. The molecule has 0 radical (unpaired) electrons. The molecule has 0 spiro atoms. The topological polar surface area (TPSA) is 66.4 Å². The largest absolute Gasteiger partial charge is 0.478 e. The molecule has 0 bridgehead atoms.